The molecule has 1 aromatic heterocycles. The second-order valence-electron chi connectivity index (χ2n) is 6.92. The molecule has 0 bridgehead atoms. The maximum absolute atomic E-state index is 12.8. The molecule has 4 nitrogen and oxygen atoms in total. The van der Waals surface area contributed by atoms with E-state index >= 15 is 0 Å². The van der Waals surface area contributed by atoms with Gasteiger partial charge in [-0.2, -0.15) is 0 Å². The van der Waals surface area contributed by atoms with Crippen molar-refractivity contribution < 1.29 is 4.79 Å². The lowest BCUT2D eigenvalue weighted by Crippen LogP contribution is -2.42. The molecule has 0 spiro atoms. The van der Waals surface area contributed by atoms with E-state index in [0.717, 1.165) is 24.3 Å². The zero-order valence-electron chi connectivity index (χ0n) is 15.2. The Kier molecular flexibility index (Phi) is 5.01. The lowest BCUT2D eigenvalue weighted by molar-refractivity contribution is -0.117. The summed E-state index contributed by atoms with van der Waals surface area (Å²) >= 11 is 6.07. The number of nitrogens with zero attached hydrogens (tertiary/aromatic N) is 2. The summed E-state index contributed by atoms with van der Waals surface area (Å²) < 4.78 is 2.27. The SMILES string of the molecule is Cc1ccc(Cl)cc1NC(=O)CN1CCn2cccc2C1c1ccccc1. The number of hydrogen-bond donors (Lipinski definition) is 1. The van der Waals surface area contributed by atoms with Gasteiger partial charge in [-0.1, -0.05) is 48.0 Å². The molecule has 3 aromatic rings. The Bertz CT molecular complexity index is 951. The highest BCUT2D eigenvalue weighted by molar-refractivity contribution is 6.31. The van der Waals surface area contributed by atoms with Crippen molar-refractivity contribution in [1.82, 2.24) is 9.47 Å². The number of carbonyl (C=O) groups is 1. The molecule has 2 aromatic carbocycles. The van der Waals surface area contributed by atoms with Crippen LogP contribution in [0.3, 0.4) is 0 Å². The van der Waals surface area contributed by atoms with Crippen LogP contribution in [0.25, 0.3) is 0 Å². The second-order valence-corrected chi connectivity index (χ2v) is 7.35. The number of fused-ring (bicyclic) bond motifs is 1. The van der Waals surface area contributed by atoms with E-state index in [2.05, 4.69) is 45.2 Å². The Hall–Kier alpha value is -2.56. The van der Waals surface area contributed by atoms with E-state index in [1.165, 1.54) is 11.3 Å². The highest BCUT2D eigenvalue weighted by atomic mass is 35.5. The molecule has 0 saturated carbocycles. The molecule has 1 aliphatic rings. The maximum atomic E-state index is 12.8. The summed E-state index contributed by atoms with van der Waals surface area (Å²) in [5.41, 5.74) is 4.19. The first-order valence-electron chi connectivity index (χ1n) is 9.12. The molecule has 27 heavy (non-hydrogen) atoms. The van der Waals surface area contributed by atoms with Crippen LogP contribution in [-0.2, 0) is 11.3 Å². The third-order valence-corrected chi connectivity index (χ3v) is 5.31. The number of benzene rings is 2. The molecule has 0 aliphatic carbocycles. The summed E-state index contributed by atoms with van der Waals surface area (Å²) in [6.45, 7) is 4.00. The molecule has 0 fully saturated rings. The summed E-state index contributed by atoms with van der Waals surface area (Å²) in [6.07, 6.45) is 2.11. The first-order chi connectivity index (χ1) is 13.1. The standard InChI is InChI=1S/C22H22ClN3O/c1-16-9-10-18(23)14-19(16)24-21(27)15-26-13-12-25-11-5-8-20(25)22(26)17-6-3-2-4-7-17/h2-11,14,22H,12-13,15H2,1H3,(H,24,27). The lowest BCUT2D eigenvalue weighted by Gasteiger charge is -2.36. The molecule has 1 aliphatic heterocycles. The van der Waals surface area contributed by atoms with Crippen molar-refractivity contribution >= 4 is 23.2 Å². The largest absolute Gasteiger partial charge is 0.348 e. The smallest absolute Gasteiger partial charge is 0.238 e. The topological polar surface area (TPSA) is 37.3 Å². The van der Waals surface area contributed by atoms with Gasteiger partial charge in [-0.15, -0.1) is 0 Å². The van der Waals surface area contributed by atoms with Gasteiger partial charge >= 0.3 is 0 Å². The van der Waals surface area contributed by atoms with Gasteiger partial charge < -0.3 is 9.88 Å². The highest BCUT2D eigenvalue weighted by Crippen LogP contribution is 2.32. The van der Waals surface area contributed by atoms with Crippen molar-refractivity contribution in [2.45, 2.75) is 19.5 Å². The predicted octanol–water partition coefficient (Wildman–Crippen LogP) is 4.49. The maximum Gasteiger partial charge on any atom is 0.238 e. The van der Waals surface area contributed by atoms with E-state index in [1.54, 1.807) is 6.07 Å². The first-order valence-corrected chi connectivity index (χ1v) is 9.49. The van der Waals surface area contributed by atoms with E-state index < -0.39 is 0 Å². The van der Waals surface area contributed by atoms with Gasteiger partial charge in [0.25, 0.3) is 0 Å². The van der Waals surface area contributed by atoms with Crippen molar-refractivity contribution in [2.75, 3.05) is 18.4 Å². The van der Waals surface area contributed by atoms with Gasteiger partial charge in [-0.3, -0.25) is 9.69 Å². The number of aryl methyl sites for hydroxylation is 1. The number of aromatic nitrogens is 1. The van der Waals surface area contributed by atoms with Crippen LogP contribution in [0.2, 0.25) is 5.02 Å². The van der Waals surface area contributed by atoms with Crippen molar-refractivity contribution in [1.29, 1.82) is 0 Å². The third-order valence-electron chi connectivity index (χ3n) is 5.07. The van der Waals surface area contributed by atoms with E-state index in [1.807, 2.05) is 37.3 Å². The average Bonchev–Trinajstić information content (AvgIpc) is 3.14. The molecule has 1 unspecified atom stereocenters. The molecule has 0 radical (unpaired) electrons. The number of amides is 1. The molecular formula is C22H22ClN3O. The van der Waals surface area contributed by atoms with Crippen LogP contribution in [0.5, 0.6) is 0 Å². The number of anilines is 1. The number of nitrogens with one attached hydrogen (secondary N) is 1. The fourth-order valence-electron chi connectivity index (χ4n) is 3.72. The predicted molar refractivity (Wildman–Crippen MR) is 109 cm³/mol. The first kappa shape index (κ1) is 17.8. The van der Waals surface area contributed by atoms with Gasteiger partial charge in [-0.25, -0.2) is 0 Å². The van der Waals surface area contributed by atoms with Crippen LogP contribution in [-0.4, -0.2) is 28.5 Å². The van der Waals surface area contributed by atoms with Gasteiger partial charge in [0, 0.05) is 35.7 Å². The number of hydrogen-bond acceptors (Lipinski definition) is 2. The number of halogens is 1. The highest BCUT2D eigenvalue weighted by Gasteiger charge is 2.29. The van der Waals surface area contributed by atoms with Crippen LogP contribution < -0.4 is 5.32 Å². The van der Waals surface area contributed by atoms with Gasteiger partial charge in [0.1, 0.15) is 0 Å². The molecule has 0 saturated heterocycles. The van der Waals surface area contributed by atoms with E-state index in [9.17, 15) is 4.79 Å². The van der Waals surface area contributed by atoms with Gasteiger partial charge in [0.15, 0.2) is 0 Å². The van der Waals surface area contributed by atoms with Gasteiger partial charge in [-0.05, 0) is 42.3 Å². The minimum Gasteiger partial charge on any atom is -0.348 e. The molecule has 1 atom stereocenters. The van der Waals surface area contributed by atoms with Crippen molar-refractivity contribution in [3.8, 4) is 0 Å². The van der Waals surface area contributed by atoms with Crippen molar-refractivity contribution in [3.05, 3.63) is 88.7 Å². The Morgan fingerprint density at radius 2 is 1.93 bits per heavy atom. The van der Waals surface area contributed by atoms with Gasteiger partial charge in [0.2, 0.25) is 5.91 Å². The van der Waals surface area contributed by atoms with Crippen molar-refractivity contribution in [3.63, 3.8) is 0 Å². The van der Waals surface area contributed by atoms with Gasteiger partial charge in [0.05, 0.1) is 12.6 Å². The molecular weight excluding hydrogens is 358 g/mol. The quantitative estimate of drug-likeness (QED) is 0.725. The second kappa shape index (κ2) is 7.59. The average molecular weight is 380 g/mol. The Balaban J connectivity index is 1.57. The van der Waals surface area contributed by atoms with E-state index in [0.29, 0.717) is 11.6 Å². The summed E-state index contributed by atoms with van der Waals surface area (Å²) in [4.78, 5) is 15.0. The van der Waals surface area contributed by atoms with Crippen LogP contribution in [0.15, 0.2) is 66.9 Å². The molecule has 1 N–H and O–H groups in total. The zero-order valence-corrected chi connectivity index (χ0v) is 16.0. The van der Waals surface area contributed by atoms with E-state index in [4.69, 9.17) is 11.6 Å². The summed E-state index contributed by atoms with van der Waals surface area (Å²) in [6, 6.07) is 20.2. The molecule has 138 valence electrons. The van der Waals surface area contributed by atoms with Crippen molar-refractivity contribution in [2.24, 2.45) is 0 Å². The Morgan fingerprint density at radius 3 is 2.74 bits per heavy atom. The number of carbonyl (C=O) groups excluding carboxylic acids is 1. The zero-order chi connectivity index (χ0) is 18.8. The normalized spacial score (nSPS) is 16.7. The lowest BCUT2D eigenvalue weighted by atomic mass is 10.00. The molecule has 4 rings (SSSR count). The Labute approximate surface area is 164 Å². The Morgan fingerprint density at radius 1 is 1.11 bits per heavy atom. The molecule has 5 heteroatoms. The van der Waals surface area contributed by atoms with E-state index in [-0.39, 0.29) is 11.9 Å². The van der Waals surface area contributed by atoms with Crippen LogP contribution in [0.1, 0.15) is 22.9 Å². The minimum atomic E-state index is -0.0266. The number of rotatable bonds is 4. The van der Waals surface area contributed by atoms with Crippen LogP contribution in [0.4, 0.5) is 5.69 Å². The fraction of sp³-hybridized carbons (Fsp3) is 0.227. The summed E-state index contributed by atoms with van der Waals surface area (Å²) in [5, 5.41) is 3.64. The summed E-state index contributed by atoms with van der Waals surface area (Å²) in [7, 11) is 0. The molecule has 1 amide bonds. The fourth-order valence-corrected chi connectivity index (χ4v) is 3.89. The van der Waals surface area contributed by atoms with Crippen LogP contribution in [0, 0.1) is 6.92 Å². The summed E-state index contributed by atoms with van der Waals surface area (Å²) in [5.74, 6) is -0.0266. The molecule has 2 heterocycles. The minimum absolute atomic E-state index is 0.0266. The monoisotopic (exact) mass is 379 g/mol. The van der Waals surface area contributed by atoms with Crippen LogP contribution >= 0.6 is 11.6 Å². The third kappa shape index (κ3) is 3.77.